The summed E-state index contributed by atoms with van der Waals surface area (Å²) in [6.07, 6.45) is 95.6. The first-order chi connectivity index (χ1) is 50.2. The second kappa shape index (κ2) is 76.8. The summed E-state index contributed by atoms with van der Waals surface area (Å²) in [5, 5.41) is 20.6. The van der Waals surface area contributed by atoms with E-state index < -0.39 is 91.5 Å². The van der Waals surface area contributed by atoms with E-state index in [1.165, 1.54) is 51.4 Å². The average Bonchev–Trinajstić information content (AvgIpc) is 0.914. The Morgan fingerprint density at radius 2 is 0.515 bits per heavy atom. The van der Waals surface area contributed by atoms with Gasteiger partial charge in [-0.05, 0) is 148 Å². The van der Waals surface area contributed by atoms with E-state index in [2.05, 4.69) is 179 Å². The number of allylic oxidation sites excluding steroid dienone is 26. The lowest BCUT2D eigenvalue weighted by atomic mass is 10.1. The van der Waals surface area contributed by atoms with E-state index in [0.717, 1.165) is 193 Å². The SMILES string of the molecule is CC/C=C\C/C=C\C/C=C\C/C=C\C/C=C\C/C=C\CCCCCCCCC(=O)OCC(O)COP(=O)(O)OCC(O)COP(=O)(O)OCC(COC(=O)CCCCCCCCCCC/C=C\C/C=C\C/C=C\C/C=C\CCCCC)OC(=O)CCCCCCCCC/C=C\C/C=C\C/C=C\CC. The molecule has 103 heavy (non-hydrogen) atoms. The van der Waals surface area contributed by atoms with Crippen LogP contribution in [0.4, 0.5) is 0 Å². The van der Waals surface area contributed by atoms with Crippen LogP contribution in [0.2, 0.25) is 0 Å². The van der Waals surface area contributed by atoms with Gasteiger partial charge in [0, 0.05) is 19.3 Å². The predicted molar refractivity (Wildman–Crippen MR) is 426 cm³/mol. The minimum Gasteiger partial charge on any atom is -0.463 e. The molecule has 0 aromatic carbocycles. The Balaban J connectivity index is 4.67. The van der Waals surface area contributed by atoms with Crippen LogP contribution in [-0.2, 0) is 55.8 Å². The number of aliphatic hydroxyl groups excluding tert-OH is 2. The van der Waals surface area contributed by atoms with Crippen LogP contribution in [-0.4, -0.2) is 95.9 Å². The fourth-order valence-corrected chi connectivity index (χ4v) is 11.8. The van der Waals surface area contributed by atoms with Crippen molar-refractivity contribution >= 4 is 33.6 Å². The first-order valence-electron chi connectivity index (χ1n) is 39.8. The maximum absolute atomic E-state index is 13.0. The number of hydrogen-bond acceptors (Lipinski definition) is 14. The second-order valence-corrected chi connectivity index (χ2v) is 29.0. The lowest BCUT2D eigenvalue weighted by molar-refractivity contribution is -0.161. The van der Waals surface area contributed by atoms with Crippen LogP contribution >= 0.6 is 15.6 Å². The molecule has 0 aliphatic heterocycles. The molecule has 0 bridgehead atoms. The molecular formula is C85H142O16P2. The predicted octanol–water partition coefficient (Wildman–Crippen LogP) is 23.4. The van der Waals surface area contributed by atoms with E-state index in [9.17, 15) is 43.5 Å². The third-order valence-electron chi connectivity index (χ3n) is 16.2. The summed E-state index contributed by atoms with van der Waals surface area (Å²) in [7, 11) is -9.81. The molecule has 0 aliphatic carbocycles. The van der Waals surface area contributed by atoms with Crippen LogP contribution in [0, 0.1) is 0 Å². The van der Waals surface area contributed by atoms with Crippen molar-refractivity contribution in [2.45, 2.75) is 322 Å². The maximum atomic E-state index is 13.0. The summed E-state index contributed by atoms with van der Waals surface area (Å²) >= 11 is 0. The zero-order valence-electron chi connectivity index (χ0n) is 64.2. The number of unbranched alkanes of at least 4 members (excludes halogenated alkanes) is 25. The largest absolute Gasteiger partial charge is 0.472 e. The van der Waals surface area contributed by atoms with Crippen molar-refractivity contribution in [2.24, 2.45) is 0 Å². The number of phosphoric ester groups is 2. The van der Waals surface area contributed by atoms with Crippen molar-refractivity contribution in [2.75, 3.05) is 39.6 Å². The summed E-state index contributed by atoms with van der Waals surface area (Å²) in [5.41, 5.74) is 0. The van der Waals surface area contributed by atoms with Gasteiger partial charge < -0.3 is 34.2 Å². The smallest absolute Gasteiger partial charge is 0.463 e. The molecule has 0 saturated heterocycles. The average molecular weight is 1480 g/mol. The molecule has 588 valence electrons. The number of aliphatic hydroxyl groups is 2. The topological polar surface area (TPSA) is 231 Å². The molecule has 0 aromatic rings. The van der Waals surface area contributed by atoms with Gasteiger partial charge in [0.2, 0.25) is 0 Å². The Morgan fingerprint density at radius 1 is 0.282 bits per heavy atom. The molecule has 4 N–H and O–H groups in total. The molecule has 0 aromatic heterocycles. The Hall–Kier alpha value is -4.83. The van der Waals surface area contributed by atoms with Gasteiger partial charge in [-0.25, -0.2) is 9.13 Å². The van der Waals surface area contributed by atoms with Crippen LogP contribution < -0.4 is 0 Å². The molecule has 0 heterocycles. The van der Waals surface area contributed by atoms with Gasteiger partial charge in [-0.2, -0.15) is 0 Å². The molecule has 0 fully saturated rings. The van der Waals surface area contributed by atoms with Crippen molar-refractivity contribution in [3.05, 3.63) is 158 Å². The van der Waals surface area contributed by atoms with E-state index in [4.69, 9.17) is 32.3 Å². The van der Waals surface area contributed by atoms with Crippen LogP contribution in [0.15, 0.2) is 158 Å². The maximum Gasteiger partial charge on any atom is 0.472 e. The highest BCUT2D eigenvalue weighted by atomic mass is 31.2. The van der Waals surface area contributed by atoms with Crippen LogP contribution in [0.1, 0.15) is 303 Å². The van der Waals surface area contributed by atoms with Crippen LogP contribution in [0.5, 0.6) is 0 Å². The van der Waals surface area contributed by atoms with Crippen molar-refractivity contribution in [3.63, 3.8) is 0 Å². The van der Waals surface area contributed by atoms with Gasteiger partial charge in [-0.15, -0.1) is 0 Å². The minimum absolute atomic E-state index is 0.0871. The van der Waals surface area contributed by atoms with Gasteiger partial charge >= 0.3 is 33.6 Å². The lowest BCUT2D eigenvalue weighted by Crippen LogP contribution is -2.30. The standard InChI is InChI=1S/C85H142O16P2/c1-4-7-10-13-16-19-22-25-28-31-33-35-37-39-41-43-45-48-50-53-56-59-62-65-68-71-83(88)95-74-80(86)75-97-102(91,92)98-76-81(87)77-99-103(93,94)100-79-82(101-85(90)73-70-67-64-61-58-55-52-47-30-27-24-21-18-15-12-9-6-3)78-96-84(89)72-69-66-63-60-57-54-51-49-46-44-42-40-38-36-34-32-29-26-23-20-17-14-11-8-5-2/h7,9-10,12,16-21,25-30,33-36,39-42,45,48,80-82,86-87H,4-6,8,11,13-15,22-24,31-32,37-38,43-44,46-47,49-79H2,1-3H3,(H,91,92)(H,93,94)/b10-7-,12-9-,19-16-,20-17-,21-18-,28-25-,29-26-,30-27-,35-33-,36-34-,41-39-,42-40-,48-45-. The third-order valence-corrected chi connectivity index (χ3v) is 18.1. The molecule has 5 unspecified atom stereocenters. The van der Waals surface area contributed by atoms with Crippen molar-refractivity contribution in [1.29, 1.82) is 0 Å². The zero-order valence-corrected chi connectivity index (χ0v) is 66.0. The summed E-state index contributed by atoms with van der Waals surface area (Å²) in [5.74, 6) is -1.61. The molecule has 0 radical (unpaired) electrons. The number of carbonyl (C=O) groups excluding carboxylic acids is 3. The summed E-state index contributed by atoms with van der Waals surface area (Å²) in [4.78, 5) is 58.7. The fraction of sp³-hybridized carbons (Fsp3) is 0.659. The van der Waals surface area contributed by atoms with E-state index in [0.29, 0.717) is 19.3 Å². The summed E-state index contributed by atoms with van der Waals surface area (Å²) in [6, 6.07) is 0. The second-order valence-electron chi connectivity index (χ2n) is 26.1. The molecule has 0 rings (SSSR count). The first kappa shape index (κ1) is 98.2. The summed E-state index contributed by atoms with van der Waals surface area (Å²) in [6.45, 7) is 2.39. The monoisotopic (exact) mass is 1480 g/mol. The first-order valence-corrected chi connectivity index (χ1v) is 42.8. The molecule has 0 saturated carbocycles. The fourth-order valence-electron chi connectivity index (χ4n) is 10.2. The number of rotatable bonds is 74. The van der Waals surface area contributed by atoms with Crippen molar-refractivity contribution in [3.8, 4) is 0 Å². The van der Waals surface area contributed by atoms with Gasteiger partial charge in [0.05, 0.1) is 26.4 Å². The molecular weight excluding hydrogens is 1340 g/mol. The van der Waals surface area contributed by atoms with E-state index in [1.54, 1.807) is 0 Å². The van der Waals surface area contributed by atoms with Crippen molar-refractivity contribution in [1.82, 2.24) is 0 Å². The summed E-state index contributed by atoms with van der Waals surface area (Å²) < 4.78 is 61.2. The number of hydrogen-bond donors (Lipinski definition) is 4. The number of ether oxygens (including phenoxy) is 3. The molecule has 0 amide bonds. The normalized spacial score (nSPS) is 14.8. The van der Waals surface area contributed by atoms with Crippen molar-refractivity contribution < 1.29 is 75.8 Å². The highest BCUT2D eigenvalue weighted by molar-refractivity contribution is 7.47. The van der Waals surface area contributed by atoms with E-state index in [-0.39, 0.29) is 19.3 Å². The molecule has 0 aliphatic rings. The van der Waals surface area contributed by atoms with Crippen LogP contribution in [0.25, 0.3) is 0 Å². The Kier molecular flexibility index (Phi) is 73.2. The Bertz CT molecular complexity index is 2500. The highest BCUT2D eigenvalue weighted by Gasteiger charge is 2.29. The third kappa shape index (κ3) is 78.1. The van der Waals surface area contributed by atoms with Crippen LogP contribution in [0.3, 0.4) is 0 Å². The van der Waals surface area contributed by atoms with Gasteiger partial charge in [-0.1, -0.05) is 294 Å². The molecule has 16 nitrogen and oxygen atoms in total. The highest BCUT2D eigenvalue weighted by Crippen LogP contribution is 2.45. The van der Waals surface area contributed by atoms with Gasteiger partial charge in [0.25, 0.3) is 0 Å². The van der Waals surface area contributed by atoms with Gasteiger partial charge in [-0.3, -0.25) is 32.5 Å². The van der Waals surface area contributed by atoms with Gasteiger partial charge in [0.1, 0.15) is 25.4 Å². The number of esters is 3. The lowest BCUT2D eigenvalue weighted by Gasteiger charge is -2.21. The van der Waals surface area contributed by atoms with Gasteiger partial charge in [0.15, 0.2) is 6.10 Å². The minimum atomic E-state index is -4.94. The quantitative estimate of drug-likeness (QED) is 0.0146. The Morgan fingerprint density at radius 3 is 0.816 bits per heavy atom. The van der Waals surface area contributed by atoms with E-state index >= 15 is 0 Å². The molecule has 5 atom stereocenters. The number of carbonyl (C=O) groups is 3. The van der Waals surface area contributed by atoms with E-state index in [1.807, 2.05) is 0 Å². The molecule has 18 heteroatoms. The zero-order chi connectivity index (χ0) is 75.2. The number of phosphoric acid groups is 2. The Labute approximate surface area is 625 Å². The molecule has 0 spiro atoms.